The molecule has 2 rings (SSSR count). The van der Waals surface area contributed by atoms with E-state index in [9.17, 15) is 14.7 Å². The lowest BCUT2D eigenvalue weighted by Crippen LogP contribution is -2.44. The molecule has 1 heterocycles. The van der Waals surface area contributed by atoms with Crippen LogP contribution in [0.25, 0.3) is 0 Å². The quantitative estimate of drug-likeness (QED) is 0.866. The molecule has 1 fully saturated rings. The Morgan fingerprint density at radius 2 is 1.76 bits per heavy atom. The summed E-state index contributed by atoms with van der Waals surface area (Å²) >= 11 is 0. The maximum Gasteiger partial charge on any atom is 0.254 e. The smallest absolute Gasteiger partial charge is 0.254 e. The average Bonchev–Trinajstić information content (AvgIpc) is 2.54. The van der Waals surface area contributed by atoms with Crippen molar-refractivity contribution < 1.29 is 14.7 Å². The number of amides is 1. The van der Waals surface area contributed by atoms with Crippen LogP contribution in [0.4, 0.5) is 0 Å². The number of Topliss-reactive ketones (excluding diaryl/α,β-unsaturated/α-hetero) is 1. The lowest BCUT2D eigenvalue weighted by atomic mass is 9.77. The Kier molecular flexibility index (Phi) is 4.78. The van der Waals surface area contributed by atoms with Crippen molar-refractivity contribution in [3.63, 3.8) is 0 Å². The summed E-state index contributed by atoms with van der Waals surface area (Å²) in [5, 5.41) is 9.55. The van der Waals surface area contributed by atoms with Crippen molar-refractivity contribution in [2.45, 2.75) is 33.1 Å². The number of carbonyl (C=O) groups is 2. The predicted octanol–water partition coefficient (Wildman–Crippen LogP) is 2.51. The number of nitrogens with zero attached hydrogens (tertiary/aromatic N) is 1. The van der Waals surface area contributed by atoms with Crippen molar-refractivity contribution in [3.8, 4) is 0 Å². The van der Waals surface area contributed by atoms with E-state index in [0.717, 1.165) is 19.3 Å². The fourth-order valence-corrected chi connectivity index (χ4v) is 2.95. The number of aliphatic hydroxyl groups is 1. The molecule has 0 spiro atoms. The molecule has 4 heteroatoms. The summed E-state index contributed by atoms with van der Waals surface area (Å²) in [6.07, 6.45) is 2.55. The van der Waals surface area contributed by atoms with E-state index < -0.39 is 0 Å². The van der Waals surface area contributed by atoms with E-state index in [2.05, 4.69) is 6.92 Å². The summed E-state index contributed by atoms with van der Waals surface area (Å²) in [5.74, 6) is -0.169. The van der Waals surface area contributed by atoms with E-state index in [1.54, 1.807) is 29.2 Å². The number of rotatable bonds is 4. The zero-order valence-electron chi connectivity index (χ0n) is 12.8. The van der Waals surface area contributed by atoms with Crippen molar-refractivity contribution in [1.82, 2.24) is 4.90 Å². The molecule has 1 N–H and O–H groups in total. The normalized spacial score (nSPS) is 17.6. The minimum Gasteiger partial charge on any atom is -0.396 e. The number of ketones is 1. The number of aliphatic hydroxyl groups excluding tert-OH is 1. The Hall–Kier alpha value is -1.68. The lowest BCUT2D eigenvalue weighted by Gasteiger charge is -2.40. The van der Waals surface area contributed by atoms with E-state index >= 15 is 0 Å². The number of benzene rings is 1. The van der Waals surface area contributed by atoms with E-state index in [1.165, 1.54) is 6.92 Å². The highest BCUT2D eigenvalue weighted by Gasteiger charge is 2.34. The topological polar surface area (TPSA) is 57.6 Å². The van der Waals surface area contributed by atoms with Gasteiger partial charge in [0.05, 0.1) is 5.56 Å². The fraction of sp³-hybridized carbons (Fsp3) is 0.529. The Bertz CT molecular complexity index is 525. The van der Waals surface area contributed by atoms with Gasteiger partial charge >= 0.3 is 0 Å². The molecular formula is C17H23NO3. The van der Waals surface area contributed by atoms with E-state index in [4.69, 9.17) is 0 Å². The third-order valence-electron chi connectivity index (χ3n) is 4.73. The summed E-state index contributed by atoms with van der Waals surface area (Å²) in [5.41, 5.74) is 0.923. The van der Waals surface area contributed by atoms with Crippen molar-refractivity contribution in [3.05, 3.63) is 35.4 Å². The maximum atomic E-state index is 12.6. The minimum atomic E-state index is -0.0887. The van der Waals surface area contributed by atoms with Crippen molar-refractivity contribution >= 4 is 11.7 Å². The van der Waals surface area contributed by atoms with Crippen LogP contribution in [0.3, 0.4) is 0 Å². The second kappa shape index (κ2) is 6.39. The number of piperidine rings is 1. The van der Waals surface area contributed by atoms with Gasteiger partial charge in [0.1, 0.15) is 0 Å². The van der Waals surface area contributed by atoms with Crippen molar-refractivity contribution in [2.75, 3.05) is 19.7 Å². The van der Waals surface area contributed by atoms with Crippen LogP contribution in [0.2, 0.25) is 0 Å². The SMILES string of the molecule is CCC1(CO)CCN(C(=O)c2ccccc2C(C)=O)CC1. The van der Waals surface area contributed by atoms with Gasteiger partial charge in [-0.15, -0.1) is 0 Å². The lowest BCUT2D eigenvalue weighted by molar-refractivity contribution is 0.0337. The molecule has 1 saturated heterocycles. The van der Waals surface area contributed by atoms with E-state index in [1.807, 2.05) is 0 Å². The van der Waals surface area contributed by atoms with E-state index in [-0.39, 0.29) is 23.7 Å². The van der Waals surface area contributed by atoms with E-state index in [0.29, 0.717) is 24.2 Å². The molecule has 0 saturated carbocycles. The van der Waals surface area contributed by atoms with Crippen LogP contribution in [0, 0.1) is 5.41 Å². The first-order valence-corrected chi connectivity index (χ1v) is 7.53. The largest absolute Gasteiger partial charge is 0.396 e. The first-order chi connectivity index (χ1) is 10.0. The molecule has 114 valence electrons. The third kappa shape index (κ3) is 3.16. The Morgan fingerprint density at radius 3 is 2.24 bits per heavy atom. The highest BCUT2D eigenvalue weighted by molar-refractivity contribution is 6.07. The van der Waals surface area contributed by atoms with Gasteiger partial charge in [-0.05, 0) is 37.7 Å². The average molecular weight is 289 g/mol. The predicted molar refractivity (Wildman–Crippen MR) is 81.4 cm³/mol. The first kappa shape index (κ1) is 15.7. The number of hydrogen-bond donors (Lipinski definition) is 1. The molecule has 4 nitrogen and oxygen atoms in total. The number of likely N-dealkylation sites (tertiary alicyclic amines) is 1. The molecule has 0 aliphatic carbocycles. The van der Waals surface area contributed by atoms with Crippen LogP contribution < -0.4 is 0 Å². The third-order valence-corrected chi connectivity index (χ3v) is 4.73. The van der Waals surface area contributed by atoms with Gasteiger partial charge in [-0.1, -0.05) is 25.1 Å². The Morgan fingerprint density at radius 1 is 1.19 bits per heavy atom. The zero-order chi connectivity index (χ0) is 15.5. The second-order valence-corrected chi connectivity index (χ2v) is 5.91. The molecule has 1 aromatic carbocycles. The van der Waals surface area contributed by atoms with Crippen molar-refractivity contribution in [1.29, 1.82) is 0 Å². The highest BCUT2D eigenvalue weighted by atomic mass is 16.3. The van der Waals surface area contributed by atoms with Gasteiger partial charge in [-0.3, -0.25) is 9.59 Å². The van der Waals surface area contributed by atoms with Gasteiger partial charge < -0.3 is 10.0 Å². The molecule has 0 bridgehead atoms. The zero-order valence-corrected chi connectivity index (χ0v) is 12.8. The standard InChI is InChI=1S/C17H23NO3/c1-3-17(12-19)8-10-18(11-9-17)16(21)15-7-5-4-6-14(15)13(2)20/h4-7,19H,3,8-12H2,1-2H3. The summed E-state index contributed by atoms with van der Waals surface area (Å²) in [7, 11) is 0. The molecule has 1 amide bonds. The van der Waals surface area contributed by atoms with Crippen LogP contribution in [-0.4, -0.2) is 41.4 Å². The molecule has 1 aliphatic heterocycles. The van der Waals surface area contributed by atoms with Crippen LogP contribution in [-0.2, 0) is 0 Å². The Labute approximate surface area is 125 Å². The monoisotopic (exact) mass is 289 g/mol. The fourth-order valence-electron chi connectivity index (χ4n) is 2.95. The number of carbonyl (C=O) groups excluding carboxylic acids is 2. The molecule has 0 aromatic heterocycles. The van der Waals surface area contributed by atoms with Crippen LogP contribution in [0.15, 0.2) is 24.3 Å². The summed E-state index contributed by atoms with van der Waals surface area (Å²) in [4.78, 5) is 26.1. The Balaban J connectivity index is 2.15. The number of hydrogen-bond acceptors (Lipinski definition) is 3. The molecule has 0 atom stereocenters. The van der Waals surface area contributed by atoms with Gasteiger partial charge in [-0.2, -0.15) is 0 Å². The summed E-state index contributed by atoms with van der Waals surface area (Å²) in [6.45, 7) is 5.02. The molecule has 1 aliphatic rings. The van der Waals surface area contributed by atoms with Crippen LogP contribution in [0.1, 0.15) is 53.8 Å². The molecular weight excluding hydrogens is 266 g/mol. The van der Waals surface area contributed by atoms with Gasteiger partial charge in [0.15, 0.2) is 5.78 Å². The van der Waals surface area contributed by atoms with Gasteiger partial charge in [0, 0.05) is 25.3 Å². The maximum absolute atomic E-state index is 12.6. The summed E-state index contributed by atoms with van der Waals surface area (Å²) in [6, 6.07) is 6.97. The molecule has 0 unspecified atom stereocenters. The van der Waals surface area contributed by atoms with Gasteiger partial charge in [0.25, 0.3) is 5.91 Å². The molecule has 0 radical (unpaired) electrons. The van der Waals surface area contributed by atoms with Crippen LogP contribution >= 0.6 is 0 Å². The molecule has 21 heavy (non-hydrogen) atoms. The highest BCUT2D eigenvalue weighted by Crippen LogP contribution is 2.34. The first-order valence-electron chi connectivity index (χ1n) is 7.53. The van der Waals surface area contributed by atoms with Crippen LogP contribution in [0.5, 0.6) is 0 Å². The summed E-state index contributed by atoms with van der Waals surface area (Å²) < 4.78 is 0. The van der Waals surface area contributed by atoms with Crippen molar-refractivity contribution in [2.24, 2.45) is 5.41 Å². The van der Waals surface area contributed by atoms with Gasteiger partial charge in [0.2, 0.25) is 0 Å². The minimum absolute atomic E-state index is 0.0448. The molecule has 1 aromatic rings. The second-order valence-electron chi connectivity index (χ2n) is 5.91. The van der Waals surface area contributed by atoms with Gasteiger partial charge in [-0.25, -0.2) is 0 Å².